The zero-order valence-electron chi connectivity index (χ0n) is 22.5. The Morgan fingerprint density at radius 2 is 1.97 bits per heavy atom. The van der Waals surface area contributed by atoms with Gasteiger partial charge in [0, 0.05) is 44.6 Å². The molecule has 0 bridgehead atoms. The van der Waals surface area contributed by atoms with Gasteiger partial charge in [0.2, 0.25) is 0 Å². The summed E-state index contributed by atoms with van der Waals surface area (Å²) in [7, 11) is -1.10. The molecule has 0 saturated heterocycles. The van der Waals surface area contributed by atoms with Crippen LogP contribution in [0.4, 0.5) is 4.79 Å². The molecule has 9 nitrogen and oxygen atoms in total. The Bertz CT molecular complexity index is 1180. The summed E-state index contributed by atoms with van der Waals surface area (Å²) in [6.07, 6.45) is 7.44. The fraction of sp³-hybridized carbons (Fsp3) is 0.615. The molecule has 0 aliphatic heterocycles. The highest BCUT2D eigenvalue weighted by Crippen LogP contribution is 2.33. The van der Waals surface area contributed by atoms with E-state index in [1.807, 2.05) is 49.8 Å². The summed E-state index contributed by atoms with van der Waals surface area (Å²) >= 11 is 0. The Morgan fingerprint density at radius 3 is 2.72 bits per heavy atom. The SMILES string of the molecule is CC(C)(C)OC(=O)N[C@@H]1CCC[C@H](c2nnc3ccc(-c4ccn(COCC[Si](C)(C)C)n4)cn23)C1. The summed E-state index contributed by atoms with van der Waals surface area (Å²) in [4.78, 5) is 12.3. The lowest BCUT2D eigenvalue weighted by molar-refractivity contribution is 0.0490. The molecule has 1 amide bonds. The van der Waals surface area contributed by atoms with Crippen LogP contribution in [0.3, 0.4) is 0 Å². The topological polar surface area (TPSA) is 95.6 Å². The highest BCUT2D eigenvalue weighted by Gasteiger charge is 2.29. The Morgan fingerprint density at radius 1 is 1.17 bits per heavy atom. The largest absolute Gasteiger partial charge is 0.444 e. The van der Waals surface area contributed by atoms with Crippen LogP contribution in [0.1, 0.15) is 58.2 Å². The maximum absolute atomic E-state index is 12.3. The summed E-state index contributed by atoms with van der Waals surface area (Å²) in [6, 6.07) is 7.22. The molecule has 1 aliphatic rings. The number of hydrogen-bond donors (Lipinski definition) is 1. The van der Waals surface area contributed by atoms with Gasteiger partial charge in [0.05, 0.1) is 5.69 Å². The van der Waals surface area contributed by atoms with Crippen molar-refractivity contribution in [2.75, 3.05) is 6.61 Å². The molecular weight excluding hydrogens is 472 g/mol. The molecule has 2 atom stereocenters. The second kappa shape index (κ2) is 10.7. The summed E-state index contributed by atoms with van der Waals surface area (Å²) in [5.74, 6) is 1.14. The van der Waals surface area contributed by atoms with Gasteiger partial charge >= 0.3 is 6.09 Å². The minimum Gasteiger partial charge on any atom is -0.444 e. The van der Waals surface area contributed by atoms with Crippen molar-refractivity contribution in [3.05, 3.63) is 36.4 Å². The van der Waals surface area contributed by atoms with E-state index < -0.39 is 13.7 Å². The van der Waals surface area contributed by atoms with Crippen molar-refractivity contribution in [2.45, 2.75) is 96.4 Å². The average Bonchev–Trinajstić information content (AvgIpc) is 3.41. The molecule has 36 heavy (non-hydrogen) atoms. The number of amides is 1. The van der Waals surface area contributed by atoms with Crippen molar-refractivity contribution in [3.8, 4) is 11.3 Å². The third kappa shape index (κ3) is 7.16. The van der Waals surface area contributed by atoms with Gasteiger partial charge in [-0.2, -0.15) is 5.10 Å². The number of hydrogen-bond acceptors (Lipinski definition) is 6. The molecule has 0 aromatic carbocycles. The number of fused-ring (bicyclic) bond motifs is 1. The summed E-state index contributed by atoms with van der Waals surface area (Å²) < 4.78 is 15.2. The molecule has 3 aromatic rings. The van der Waals surface area contributed by atoms with Crippen LogP contribution in [-0.4, -0.2) is 56.8 Å². The first-order valence-corrected chi connectivity index (χ1v) is 16.6. The van der Waals surface area contributed by atoms with Crippen molar-refractivity contribution in [1.82, 2.24) is 29.7 Å². The molecule has 3 heterocycles. The second-order valence-corrected chi connectivity index (χ2v) is 17.6. The fourth-order valence-electron chi connectivity index (χ4n) is 4.49. The number of carbonyl (C=O) groups excluding carboxylic acids is 1. The van der Waals surface area contributed by atoms with Gasteiger partial charge in [-0.05, 0) is 64.3 Å². The Balaban J connectivity index is 1.43. The number of pyridine rings is 1. The van der Waals surface area contributed by atoms with E-state index in [0.29, 0.717) is 6.73 Å². The zero-order chi connectivity index (χ0) is 25.9. The van der Waals surface area contributed by atoms with E-state index in [-0.39, 0.29) is 18.1 Å². The Labute approximate surface area is 214 Å². The first-order chi connectivity index (χ1) is 17.0. The first-order valence-electron chi connectivity index (χ1n) is 12.9. The number of carbonyl (C=O) groups is 1. The molecular formula is C26H40N6O3Si. The van der Waals surface area contributed by atoms with Crippen LogP contribution in [0.25, 0.3) is 16.9 Å². The van der Waals surface area contributed by atoms with Crippen LogP contribution in [-0.2, 0) is 16.2 Å². The molecule has 0 radical (unpaired) electrons. The fourth-order valence-corrected chi connectivity index (χ4v) is 5.25. The van der Waals surface area contributed by atoms with Crippen LogP contribution in [0.2, 0.25) is 25.7 Å². The Kier molecular flexibility index (Phi) is 7.84. The molecule has 0 unspecified atom stereocenters. The third-order valence-electron chi connectivity index (χ3n) is 6.35. The smallest absolute Gasteiger partial charge is 0.407 e. The number of rotatable bonds is 8. The van der Waals surface area contributed by atoms with Crippen molar-refractivity contribution in [2.24, 2.45) is 0 Å². The minimum atomic E-state index is -1.10. The van der Waals surface area contributed by atoms with E-state index in [1.165, 1.54) is 0 Å². The van der Waals surface area contributed by atoms with E-state index in [4.69, 9.17) is 14.6 Å². The van der Waals surface area contributed by atoms with Crippen LogP contribution < -0.4 is 5.32 Å². The number of nitrogens with zero attached hydrogens (tertiary/aromatic N) is 5. The van der Waals surface area contributed by atoms with Gasteiger partial charge in [-0.1, -0.05) is 26.1 Å². The molecule has 1 N–H and O–H groups in total. The predicted molar refractivity (Wildman–Crippen MR) is 143 cm³/mol. The maximum atomic E-state index is 12.3. The van der Waals surface area contributed by atoms with Gasteiger partial charge in [0.15, 0.2) is 5.65 Å². The normalized spacial score (nSPS) is 18.9. The summed E-state index contributed by atoms with van der Waals surface area (Å²) in [5.41, 5.74) is 2.19. The predicted octanol–water partition coefficient (Wildman–Crippen LogP) is 5.46. The van der Waals surface area contributed by atoms with Crippen LogP contribution >= 0.6 is 0 Å². The zero-order valence-corrected chi connectivity index (χ0v) is 23.5. The van der Waals surface area contributed by atoms with Crippen molar-refractivity contribution >= 4 is 19.8 Å². The quantitative estimate of drug-likeness (QED) is 0.318. The van der Waals surface area contributed by atoms with E-state index in [1.54, 1.807) is 0 Å². The third-order valence-corrected chi connectivity index (χ3v) is 8.05. The molecule has 0 spiro atoms. The van der Waals surface area contributed by atoms with Gasteiger partial charge in [-0.3, -0.25) is 4.40 Å². The van der Waals surface area contributed by atoms with Gasteiger partial charge < -0.3 is 14.8 Å². The molecule has 3 aromatic heterocycles. The van der Waals surface area contributed by atoms with Gasteiger partial charge in [0.1, 0.15) is 18.2 Å². The highest BCUT2D eigenvalue weighted by molar-refractivity contribution is 6.76. The van der Waals surface area contributed by atoms with Gasteiger partial charge in [-0.25, -0.2) is 9.48 Å². The molecule has 1 aliphatic carbocycles. The standard InChI is InChI=1S/C26H40N6O3Si/c1-26(2,3)35-25(33)27-21-9-7-8-19(16-21)24-29-28-23-11-10-20(17-32(23)24)22-12-13-31(30-22)18-34-14-15-36(4,5)6/h10-13,17,19,21H,7-9,14-16,18H2,1-6H3,(H,27,33)/t19-,21+/m0/s1. The lowest BCUT2D eigenvalue weighted by Crippen LogP contribution is -2.41. The summed E-state index contributed by atoms with van der Waals surface area (Å²) in [5, 5.41) is 16.7. The number of ether oxygens (including phenoxy) is 2. The van der Waals surface area contributed by atoms with E-state index in [9.17, 15) is 4.79 Å². The molecule has 1 saturated carbocycles. The summed E-state index contributed by atoms with van der Waals surface area (Å²) in [6.45, 7) is 13.9. The van der Waals surface area contributed by atoms with Crippen LogP contribution in [0.15, 0.2) is 30.6 Å². The number of alkyl carbamates (subject to hydrolysis) is 1. The van der Waals surface area contributed by atoms with E-state index in [0.717, 1.165) is 61.1 Å². The maximum Gasteiger partial charge on any atom is 0.407 e. The van der Waals surface area contributed by atoms with Crippen LogP contribution in [0.5, 0.6) is 0 Å². The second-order valence-electron chi connectivity index (χ2n) is 12.0. The molecule has 4 rings (SSSR count). The lowest BCUT2D eigenvalue weighted by Gasteiger charge is -2.30. The lowest BCUT2D eigenvalue weighted by atomic mass is 9.85. The number of nitrogens with one attached hydrogen (secondary N) is 1. The van der Waals surface area contributed by atoms with Crippen molar-refractivity contribution < 1.29 is 14.3 Å². The van der Waals surface area contributed by atoms with E-state index >= 15 is 0 Å². The molecule has 196 valence electrons. The number of aromatic nitrogens is 5. The Hall–Kier alpha value is -2.72. The van der Waals surface area contributed by atoms with Crippen molar-refractivity contribution in [1.29, 1.82) is 0 Å². The molecule has 10 heteroatoms. The molecule has 1 fully saturated rings. The van der Waals surface area contributed by atoms with Crippen LogP contribution in [0, 0.1) is 0 Å². The highest BCUT2D eigenvalue weighted by atomic mass is 28.3. The monoisotopic (exact) mass is 512 g/mol. The average molecular weight is 513 g/mol. The van der Waals surface area contributed by atoms with Gasteiger partial charge in [0.25, 0.3) is 0 Å². The van der Waals surface area contributed by atoms with Crippen molar-refractivity contribution in [3.63, 3.8) is 0 Å². The van der Waals surface area contributed by atoms with E-state index in [2.05, 4.69) is 45.8 Å². The first kappa shape index (κ1) is 26.3. The minimum absolute atomic E-state index is 0.0609. The van der Waals surface area contributed by atoms with Gasteiger partial charge in [-0.15, -0.1) is 10.2 Å².